The molecule has 128 valence electrons. The first-order valence-electron chi connectivity index (χ1n) is 8.36. The van der Waals surface area contributed by atoms with Gasteiger partial charge in [0.1, 0.15) is 0 Å². The third-order valence-electron chi connectivity index (χ3n) is 4.79. The van der Waals surface area contributed by atoms with Gasteiger partial charge in [-0.1, -0.05) is 48.5 Å². The lowest BCUT2D eigenvalue weighted by Crippen LogP contribution is -2.42. The van der Waals surface area contributed by atoms with E-state index in [2.05, 4.69) is 4.57 Å². The standard InChI is InChI=1S/C20H20N2O2S/c1-16-8-5-6-12-19(16)25(23,24)22-15-14-21-13-7-11-18(21)20(22)17-9-3-2-4-10-17/h2-13,20H,14-15H2,1H3. The summed E-state index contributed by atoms with van der Waals surface area (Å²) >= 11 is 0. The molecule has 0 amide bonds. The Bertz CT molecular complexity index is 993. The Kier molecular flexibility index (Phi) is 3.98. The normalized spacial score (nSPS) is 18.0. The molecule has 0 aliphatic carbocycles. The molecule has 0 saturated carbocycles. The fourth-order valence-corrected chi connectivity index (χ4v) is 5.37. The predicted molar refractivity (Wildman–Crippen MR) is 97.8 cm³/mol. The van der Waals surface area contributed by atoms with E-state index >= 15 is 0 Å². The van der Waals surface area contributed by atoms with Crippen LogP contribution in [-0.2, 0) is 16.6 Å². The zero-order chi connectivity index (χ0) is 17.4. The number of benzene rings is 2. The van der Waals surface area contributed by atoms with Crippen LogP contribution in [0.5, 0.6) is 0 Å². The predicted octanol–water partition coefficient (Wildman–Crippen LogP) is 3.59. The van der Waals surface area contributed by atoms with E-state index in [1.54, 1.807) is 16.4 Å². The van der Waals surface area contributed by atoms with Gasteiger partial charge in [-0.2, -0.15) is 4.31 Å². The van der Waals surface area contributed by atoms with E-state index < -0.39 is 10.0 Å². The minimum Gasteiger partial charge on any atom is -0.348 e. The monoisotopic (exact) mass is 352 g/mol. The lowest BCUT2D eigenvalue weighted by molar-refractivity contribution is 0.298. The summed E-state index contributed by atoms with van der Waals surface area (Å²) < 4.78 is 30.7. The fourth-order valence-electron chi connectivity index (χ4n) is 3.57. The van der Waals surface area contributed by atoms with Crippen LogP contribution in [0, 0.1) is 6.92 Å². The summed E-state index contributed by atoms with van der Waals surface area (Å²) in [5.41, 5.74) is 2.77. The second kappa shape index (κ2) is 6.17. The van der Waals surface area contributed by atoms with E-state index in [0.717, 1.165) is 16.8 Å². The van der Waals surface area contributed by atoms with E-state index in [-0.39, 0.29) is 6.04 Å². The first-order chi connectivity index (χ1) is 12.1. The summed E-state index contributed by atoms with van der Waals surface area (Å²) in [5.74, 6) is 0. The second-order valence-corrected chi connectivity index (χ2v) is 8.18. The van der Waals surface area contributed by atoms with Crippen LogP contribution in [0.4, 0.5) is 0 Å². The maximum Gasteiger partial charge on any atom is 0.244 e. The van der Waals surface area contributed by atoms with Gasteiger partial charge < -0.3 is 4.57 Å². The summed E-state index contributed by atoms with van der Waals surface area (Å²) in [5, 5.41) is 0. The highest BCUT2D eigenvalue weighted by atomic mass is 32.2. The highest BCUT2D eigenvalue weighted by molar-refractivity contribution is 7.89. The van der Waals surface area contributed by atoms with Gasteiger partial charge in [0.05, 0.1) is 10.9 Å². The summed E-state index contributed by atoms with van der Waals surface area (Å²) in [7, 11) is -3.59. The minimum absolute atomic E-state index is 0.311. The Morgan fingerprint density at radius 1 is 0.880 bits per heavy atom. The summed E-state index contributed by atoms with van der Waals surface area (Å²) in [6, 6.07) is 20.7. The molecule has 0 spiro atoms. The molecule has 4 nitrogen and oxygen atoms in total. The van der Waals surface area contributed by atoms with Gasteiger partial charge in [-0.3, -0.25) is 0 Å². The van der Waals surface area contributed by atoms with Crippen LogP contribution in [-0.4, -0.2) is 23.8 Å². The number of fused-ring (bicyclic) bond motifs is 1. The van der Waals surface area contributed by atoms with E-state index in [4.69, 9.17) is 0 Å². The van der Waals surface area contributed by atoms with Gasteiger partial charge >= 0.3 is 0 Å². The Morgan fingerprint density at radius 2 is 1.60 bits per heavy atom. The first-order valence-corrected chi connectivity index (χ1v) is 9.80. The molecular formula is C20H20N2O2S. The molecule has 3 aromatic rings. The number of hydrogen-bond donors (Lipinski definition) is 0. The zero-order valence-corrected chi connectivity index (χ0v) is 14.9. The van der Waals surface area contributed by atoms with Gasteiger partial charge in [0, 0.05) is 25.0 Å². The molecule has 0 bridgehead atoms. The third-order valence-corrected chi connectivity index (χ3v) is 6.81. The van der Waals surface area contributed by atoms with Crippen LogP contribution in [0.1, 0.15) is 22.9 Å². The van der Waals surface area contributed by atoms with Crippen molar-refractivity contribution in [2.45, 2.75) is 24.4 Å². The summed E-state index contributed by atoms with van der Waals surface area (Å²) in [6.45, 7) is 2.96. The first kappa shape index (κ1) is 16.1. The number of aromatic nitrogens is 1. The molecule has 1 aliphatic heterocycles. The molecule has 2 heterocycles. The smallest absolute Gasteiger partial charge is 0.244 e. The quantitative estimate of drug-likeness (QED) is 0.723. The van der Waals surface area contributed by atoms with Gasteiger partial charge in [0.25, 0.3) is 0 Å². The average Bonchev–Trinajstić information content (AvgIpc) is 3.10. The maximum absolute atomic E-state index is 13.4. The third kappa shape index (κ3) is 2.69. The molecule has 0 radical (unpaired) electrons. The van der Waals surface area contributed by atoms with E-state index in [1.165, 1.54) is 0 Å². The van der Waals surface area contributed by atoms with Crippen molar-refractivity contribution >= 4 is 10.0 Å². The van der Waals surface area contributed by atoms with Crippen LogP contribution in [0.3, 0.4) is 0 Å². The van der Waals surface area contributed by atoms with Gasteiger partial charge in [-0.25, -0.2) is 8.42 Å². The summed E-state index contributed by atoms with van der Waals surface area (Å²) in [4.78, 5) is 0.385. The van der Waals surface area contributed by atoms with Crippen LogP contribution in [0.2, 0.25) is 0 Å². The Hall–Kier alpha value is -2.37. The average molecular weight is 352 g/mol. The molecule has 1 atom stereocenters. The zero-order valence-electron chi connectivity index (χ0n) is 14.0. The number of sulfonamides is 1. The second-order valence-electron chi connectivity index (χ2n) is 6.32. The lowest BCUT2D eigenvalue weighted by Gasteiger charge is -2.36. The van der Waals surface area contributed by atoms with E-state index in [1.807, 2.05) is 67.7 Å². The molecule has 0 saturated heterocycles. The van der Waals surface area contributed by atoms with Crippen molar-refractivity contribution in [1.29, 1.82) is 0 Å². The maximum atomic E-state index is 13.4. The molecule has 0 fully saturated rings. The van der Waals surface area contributed by atoms with Crippen molar-refractivity contribution in [1.82, 2.24) is 8.87 Å². The number of nitrogens with zero attached hydrogens (tertiary/aromatic N) is 2. The number of aryl methyl sites for hydroxylation is 1. The molecule has 5 heteroatoms. The molecule has 1 unspecified atom stereocenters. The van der Waals surface area contributed by atoms with Crippen LogP contribution < -0.4 is 0 Å². The van der Waals surface area contributed by atoms with Crippen molar-refractivity contribution in [2.75, 3.05) is 6.54 Å². The van der Waals surface area contributed by atoms with Gasteiger partial charge in [-0.05, 0) is 36.2 Å². The van der Waals surface area contributed by atoms with Crippen molar-refractivity contribution < 1.29 is 8.42 Å². The lowest BCUT2D eigenvalue weighted by atomic mass is 10.0. The highest BCUT2D eigenvalue weighted by Gasteiger charge is 2.37. The van der Waals surface area contributed by atoms with E-state index in [0.29, 0.717) is 18.0 Å². The summed E-state index contributed by atoms with van der Waals surface area (Å²) in [6.07, 6.45) is 2.02. The molecule has 1 aromatic heterocycles. The number of rotatable bonds is 3. The molecule has 0 N–H and O–H groups in total. The largest absolute Gasteiger partial charge is 0.348 e. The molecule has 4 rings (SSSR count). The molecular weight excluding hydrogens is 332 g/mol. The Morgan fingerprint density at radius 3 is 2.36 bits per heavy atom. The fraction of sp³-hybridized carbons (Fsp3) is 0.200. The molecule has 25 heavy (non-hydrogen) atoms. The van der Waals surface area contributed by atoms with Crippen molar-refractivity contribution in [3.05, 3.63) is 89.7 Å². The van der Waals surface area contributed by atoms with Crippen LogP contribution in [0.15, 0.2) is 77.8 Å². The van der Waals surface area contributed by atoms with Gasteiger partial charge in [0.15, 0.2) is 0 Å². The van der Waals surface area contributed by atoms with Crippen molar-refractivity contribution in [3.63, 3.8) is 0 Å². The van der Waals surface area contributed by atoms with Crippen molar-refractivity contribution in [2.24, 2.45) is 0 Å². The minimum atomic E-state index is -3.59. The van der Waals surface area contributed by atoms with Crippen LogP contribution >= 0.6 is 0 Å². The van der Waals surface area contributed by atoms with Gasteiger partial charge in [0.2, 0.25) is 10.0 Å². The Labute approximate surface area is 148 Å². The van der Waals surface area contributed by atoms with Crippen LogP contribution in [0.25, 0.3) is 0 Å². The van der Waals surface area contributed by atoms with E-state index in [9.17, 15) is 8.42 Å². The van der Waals surface area contributed by atoms with Crippen molar-refractivity contribution in [3.8, 4) is 0 Å². The SMILES string of the molecule is Cc1ccccc1S(=O)(=O)N1CCn2cccc2C1c1ccccc1. The topological polar surface area (TPSA) is 42.3 Å². The Balaban J connectivity index is 1.87. The number of hydrogen-bond acceptors (Lipinski definition) is 2. The highest BCUT2D eigenvalue weighted by Crippen LogP contribution is 2.36. The molecule has 2 aromatic carbocycles. The molecule has 1 aliphatic rings. The van der Waals surface area contributed by atoms with Gasteiger partial charge in [-0.15, -0.1) is 0 Å².